The fraction of sp³-hybridized carbons (Fsp3) is 0.357. The number of amides is 4. The van der Waals surface area contributed by atoms with Crippen LogP contribution in [0.3, 0.4) is 0 Å². The molecule has 0 bridgehead atoms. The van der Waals surface area contributed by atoms with Crippen molar-refractivity contribution in [3.8, 4) is 5.75 Å². The molecule has 5 rings (SSSR count). The van der Waals surface area contributed by atoms with Crippen LogP contribution in [-0.4, -0.2) is 78.0 Å². The number of rotatable bonds is 5. The second-order valence-electron chi connectivity index (χ2n) is 9.69. The van der Waals surface area contributed by atoms with Gasteiger partial charge in [0.25, 0.3) is 11.8 Å². The number of piperazine rings is 1. The molecule has 11 heteroatoms. The van der Waals surface area contributed by atoms with Crippen LogP contribution in [0.1, 0.15) is 19.3 Å². The van der Waals surface area contributed by atoms with Gasteiger partial charge in [-0.05, 0) is 49.6 Å². The molecule has 0 spiro atoms. The Morgan fingerprint density at radius 1 is 1.03 bits per heavy atom. The Bertz CT molecular complexity index is 1360. The number of likely N-dealkylation sites (tertiary alicyclic amines) is 1. The predicted molar refractivity (Wildman–Crippen MR) is 150 cm³/mol. The highest BCUT2D eigenvalue weighted by Gasteiger charge is 2.33. The molecular formula is C28H31ClN6O4. The van der Waals surface area contributed by atoms with Crippen molar-refractivity contribution in [3.63, 3.8) is 0 Å². The van der Waals surface area contributed by atoms with Crippen molar-refractivity contribution in [3.05, 3.63) is 59.6 Å². The van der Waals surface area contributed by atoms with E-state index in [4.69, 9.17) is 22.1 Å². The van der Waals surface area contributed by atoms with Gasteiger partial charge in [0.2, 0.25) is 0 Å². The van der Waals surface area contributed by atoms with E-state index in [0.29, 0.717) is 62.2 Å². The first-order chi connectivity index (χ1) is 18.9. The van der Waals surface area contributed by atoms with Gasteiger partial charge in [0.15, 0.2) is 6.61 Å². The molecule has 3 heterocycles. The lowest BCUT2D eigenvalue weighted by Crippen LogP contribution is -2.56. The second-order valence-corrected chi connectivity index (χ2v) is 10.1. The Balaban J connectivity index is 1.18. The van der Waals surface area contributed by atoms with Crippen molar-refractivity contribution in [2.75, 3.05) is 50.0 Å². The Hall–Kier alpha value is -4.05. The zero-order valence-electron chi connectivity index (χ0n) is 21.5. The number of pyridine rings is 1. The topological polar surface area (TPSA) is 121 Å². The van der Waals surface area contributed by atoms with E-state index < -0.39 is 17.9 Å². The largest absolute Gasteiger partial charge is 0.484 e. The van der Waals surface area contributed by atoms with Gasteiger partial charge in [-0.15, -0.1) is 0 Å². The van der Waals surface area contributed by atoms with E-state index in [1.54, 1.807) is 23.1 Å². The summed E-state index contributed by atoms with van der Waals surface area (Å²) in [4.78, 5) is 48.6. The third-order valence-corrected chi connectivity index (χ3v) is 7.31. The zero-order chi connectivity index (χ0) is 27.4. The van der Waals surface area contributed by atoms with Crippen molar-refractivity contribution >= 4 is 51.9 Å². The lowest BCUT2D eigenvalue weighted by Gasteiger charge is -2.37. The number of aromatic nitrogens is 1. The van der Waals surface area contributed by atoms with Crippen LogP contribution in [0.5, 0.6) is 5.75 Å². The van der Waals surface area contributed by atoms with Crippen molar-refractivity contribution in [2.45, 2.75) is 25.3 Å². The van der Waals surface area contributed by atoms with E-state index in [0.717, 1.165) is 23.0 Å². The van der Waals surface area contributed by atoms with E-state index >= 15 is 0 Å². The van der Waals surface area contributed by atoms with Crippen LogP contribution in [0.4, 0.5) is 16.3 Å². The van der Waals surface area contributed by atoms with E-state index in [2.05, 4.69) is 15.2 Å². The van der Waals surface area contributed by atoms with Crippen molar-refractivity contribution < 1.29 is 19.1 Å². The first-order valence-corrected chi connectivity index (χ1v) is 13.4. The summed E-state index contributed by atoms with van der Waals surface area (Å²) in [5, 5.41) is 4.41. The molecule has 204 valence electrons. The zero-order valence-corrected chi connectivity index (χ0v) is 22.3. The van der Waals surface area contributed by atoms with Gasteiger partial charge in [0, 0.05) is 54.9 Å². The molecule has 39 heavy (non-hydrogen) atoms. The number of nitrogen functional groups attached to an aromatic ring is 1. The van der Waals surface area contributed by atoms with Gasteiger partial charge in [0.1, 0.15) is 17.6 Å². The molecule has 2 aliphatic rings. The van der Waals surface area contributed by atoms with Crippen LogP contribution in [0.15, 0.2) is 54.6 Å². The molecule has 1 atom stereocenters. The van der Waals surface area contributed by atoms with E-state index in [9.17, 15) is 14.4 Å². The average Bonchev–Trinajstić information content (AvgIpc) is 3.12. The molecule has 2 aliphatic heterocycles. The van der Waals surface area contributed by atoms with Gasteiger partial charge in [-0.25, -0.2) is 9.78 Å². The number of carbonyl (C=O) groups excluding carboxylic acids is 3. The highest BCUT2D eigenvalue weighted by atomic mass is 35.5. The summed E-state index contributed by atoms with van der Waals surface area (Å²) in [6.45, 7) is 2.20. The SMILES string of the molecule is Nc1cc(N2CCN(C(=O)N[C@H]3CCCCN(C(=O)COc4ccccc4)C3=O)CC2)c2ccc(Cl)cc2n1. The van der Waals surface area contributed by atoms with Crippen LogP contribution < -0.4 is 20.7 Å². The Morgan fingerprint density at radius 3 is 2.56 bits per heavy atom. The normalized spacial score (nSPS) is 18.1. The average molecular weight is 551 g/mol. The number of hydrogen-bond acceptors (Lipinski definition) is 7. The minimum atomic E-state index is -0.757. The van der Waals surface area contributed by atoms with Crippen LogP contribution >= 0.6 is 11.6 Å². The Labute approximate surface area is 231 Å². The van der Waals surface area contributed by atoms with E-state index in [1.165, 1.54) is 4.90 Å². The standard InChI is InChI=1S/C28H31ClN6O4/c29-19-9-10-21-23(16-19)31-25(30)17-24(21)33-12-14-34(15-13-33)28(38)32-22-8-4-5-11-35(27(22)37)26(36)18-39-20-6-2-1-3-7-20/h1-3,6-7,9-10,16-17,22H,4-5,8,11-15,18H2,(H2,30,31)(H,32,38)/t22-/m0/s1. The van der Waals surface area contributed by atoms with Gasteiger partial charge in [-0.3, -0.25) is 14.5 Å². The number of benzene rings is 2. The number of urea groups is 1. The number of imide groups is 1. The minimum absolute atomic E-state index is 0.237. The third kappa shape index (κ3) is 6.17. The molecule has 2 saturated heterocycles. The third-order valence-electron chi connectivity index (χ3n) is 7.07. The quantitative estimate of drug-likeness (QED) is 0.500. The van der Waals surface area contributed by atoms with E-state index in [1.807, 2.05) is 36.4 Å². The van der Waals surface area contributed by atoms with Crippen molar-refractivity contribution in [1.82, 2.24) is 20.1 Å². The molecule has 2 fully saturated rings. The number of nitrogens with zero attached hydrogens (tertiary/aromatic N) is 4. The number of nitrogens with one attached hydrogen (secondary N) is 1. The van der Waals surface area contributed by atoms with Crippen molar-refractivity contribution in [1.29, 1.82) is 0 Å². The van der Waals surface area contributed by atoms with Crippen LogP contribution in [0.2, 0.25) is 5.02 Å². The summed E-state index contributed by atoms with van der Waals surface area (Å²) in [6, 6.07) is 15.3. The first-order valence-electron chi connectivity index (χ1n) is 13.1. The number of carbonyl (C=O) groups is 3. The molecule has 3 N–H and O–H groups in total. The maximum atomic E-state index is 13.2. The predicted octanol–water partition coefficient (Wildman–Crippen LogP) is 3.29. The van der Waals surface area contributed by atoms with Gasteiger partial charge >= 0.3 is 6.03 Å². The lowest BCUT2D eigenvalue weighted by molar-refractivity contribution is -0.146. The molecule has 0 aliphatic carbocycles. The maximum Gasteiger partial charge on any atom is 0.318 e. The summed E-state index contributed by atoms with van der Waals surface area (Å²) in [5.74, 6) is 0.158. The highest BCUT2D eigenvalue weighted by Crippen LogP contribution is 2.30. The number of anilines is 2. The monoisotopic (exact) mass is 550 g/mol. The summed E-state index contributed by atoms with van der Waals surface area (Å²) >= 11 is 6.13. The molecule has 2 aromatic carbocycles. The maximum absolute atomic E-state index is 13.2. The van der Waals surface area contributed by atoms with Gasteiger partial charge in [0.05, 0.1) is 5.52 Å². The summed E-state index contributed by atoms with van der Waals surface area (Å²) in [6.07, 6.45) is 1.90. The number of nitrogens with two attached hydrogens (primary N) is 1. The summed E-state index contributed by atoms with van der Waals surface area (Å²) in [5.41, 5.74) is 7.71. The van der Waals surface area contributed by atoms with Crippen LogP contribution in [0.25, 0.3) is 10.9 Å². The fourth-order valence-corrected chi connectivity index (χ4v) is 5.18. The minimum Gasteiger partial charge on any atom is -0.484 e. The molecule has 0 radical (unpaired) electrons. The van der Waals surface area contributed by atoms with Gasteiger partial charge < -0.3 is 25.6 Å². The molecule has 3 aromatic rings. The molecular weight excluding hydrogens is 520 g/mol. The number of para-hydroxylation sites is 1. The summed E-state index contributed by atoms with van der Waals surface area (Å²) < 4.78 is 5.55. The van der Waals surface area contributed by atoms with Crippen LogP contribution in [0, 0.1) is 0 Å². The van der Waals surface area contributed by atoms with Crippen LogP contribution in [-0.2, 0) is 9.59 Å². The Morgan fingerprint density at radius 2 is 1.79 bits per heavy atom. The lowest BCUT2D eigenvalue weighted by atomic mass is 10.1. The highest BCUT2D eigenvalue weighted by molar-refractivity contribution is 6.31. The number of fused-ring (bicyclic) bond motifs is 1. The number of ether oxygens (including phenoxy) is 1. The Kier molecular flexibility index (Phi) is 8.02. The molecule has 0 saturated carbocycles. The molecule has 1 aromatic heterocycles. The number of hydrogen-bond donors (Lipinski definition) is 2. The molecule has 4 amide bonds. The summed E-state index contributed by atoms with van der Waals surface area (Å²) in [7, 11) is 0. The first kappa shape index (κ1) is 26.6. The molecule has 0 unspecified atom stereocenters. The van der Waals surface area contributed by atoms with E-state index in [-0.39, 0.29) is 12.6 Å². The fourth-order valence-electron chi connectivity index (χ4n) is 5.02. The molecule has 10 nitrogen and oxygen atoms in total. The van der Waals surface area contributed by atoms with Gasteiger partial charge in [-0.1, -0.05) is 29.8 Å². The number of halogens is 1. The van der Waals surface area contributed by atoms with Gasteiger partial charge in [-0.2, -0.15) is 0 Å². The smallest absolute Gasteiger partial charge is 0.318 e. The second kappa shape index (κ2) is 11.8. The van der Waals surface area contributed by atoms with Crippen molar-refractivity contribution in [2.24, 2.45) is 0 Å².